The molecule has 0 aromatic heterocycles. The van der Waals surface area contributed by atoms with Crippen LogP contribution in [0.25, 0.3) is 0 Å². The largest absolute Gasteiger partial charge is 0.491 e. The summed E-state index contributed by atoms with van der Waals surface area (Å²) in [5.41, 5.74) is 6.83. The molecule has 100 valence electrons. The molecule has 18 heavy (non-hydrogen) atoms. The van der Waals surface area contributed by atoms with Crippen molar-refractivity contribution in [3.05, 3.63) is 28.8 Å². The van der Waals surface area contributed by atoms with Crippen molar-refractivity contribution in [3.8, 4) is 5.75 Å². The lowest BCUT2D eigenvalue weighted by Crippen LogP contribution is -2.20. The van der Waals surface area contributed by atoms with E-state index in [1.165, 1.54) is 0 Å². The molecule has 1 aliphatic heterocycles. The summed E-state index contributed by atoms with van der Waals surface area (Å²) in [6, 6.07) is 5.78. The second-order valence-electron chi connectivity index (χ2n) is 4.84. The van der Waals surface area contributed by atoms with Gasteiger partial charge in [0.15, 0.2) is 0 Å². The molecule has 0 aliphatic carbocycles. The lowest BCUT2D eigenvalue weighted by atomic mass is 10.1. The minimum atomic E-state index is 0.0648. The highest BCUT2D eigenvalue weighted by Crippen LogP contribution is 2.28. The molecule has 2 atom stereocenters. The predicted octanol–water partition coefficient (Wildman–Crippen LogP) is 2.79. The molecule has 0 saturated carbocycles. The monoisotopic (exact) mass is 269 g/mol. The van der Waals surface area contributed by atoms with Crippen LogP contribution < -0.4 is 10.5 Å². The third-order valence-corrected chi connectivity index (χ3v) is 3.40. The smallest absolute Gasteiger partial charge is 0.124 e. The Labute approximate surface area is 113 Å². The molecular formula is C14H20ClNO2. The van der Waals surface area contributed by atoms with Crippen LogP contribution in [0, 0.1) is 0 Å². The van der Waals surface area contributed by atoms with Crippen molar-refractivity contribution in [2.75, 3.05) is 13.2 Å². The van der Waals surface area contributed by atoms with Crippen LogP contribution >= 0.6 is 11.6 Å². The van der Waals surface area contributed by atoms with Gasteiger partial charge in [-0.3, -0.25) is 0 Å². The van der Waals surface area contributed by atoms with Crippen LogP contribution in [-0.2, 0) is 11.2 Å². The molecule has 1 fully saturated rings. The quantitative estimate of drug-likeness (QED) is 0.894. The second-order valence-corrected chi connectivity index (χ2v) is 5.25. The topological polar surface area (TPSA) is 44.5 Å². The van der Waals surface area contributed by atoms with Crippen molar-refractivity contribution in [2.24, 2.45) is 5.73 Å². The van der Waals surface area contributed by atoms with E-state index in [-0.39, 0.29) is 12.1 Å². The molecule has 1 heterocycles. The standard InChI is InChI=1S/C14H20ClNO2/c1-10(16)8-12-13(15)5-2-6-14(12)18-9-11-4-3-7-17-11/h2,5-6,10-11H,3-4,7-9,16H2,1H3. The van der Waals surface area contributed by atoms with E-state index in [1.54, 1.807) is 0 Å². The number of benzene rings is 1. The van der Waals surface area contributed by atoms with Crippen molar-refractivity contribution < 1.29 is 9.47 Å². The number of nitrogens with two attached hydrogens (primary N) is 1. The Bertz CT molecular complexity index is 389. The summed E-state index contributed by atoms with van der Waals surface area (Å²) in [5, 5.41) is 0.720. The van der Waals surface area contributed by atoms with Crippen LogP contribution in [0.5, 0.6) is 5.75 Å². The summed E-state index contributed by atoms with van der Waals surface area (Å²) in [7, 11) is 0. The SMILES string of the molecule is CC(N)Cc1c(Cl)cccc1OCC1CCCO1. The number of rotatable bonds is 5. The van der Waals surface area contributed by atoms with E-state index in [2.05, 4.69) is 0 Å². The summed E-state index contributed by atoms with van der Waals surface area (Å²) >= 11 is 6.20. The van der Waals surface area contributed by atoms with Crippen molar-refractivity contribution >= 4 is 11.6 Å². The van der Waals surface area contributed by atoms with Gasteiger partial charge in [0.05, 0.1) is 6.10 Å². The molecule has 0 radical (unpaired) electrons. The van der Waals surface area contributed by atoms with Gasteiger partial charge in [0.2, 0.25) is 0 Å². The molecule has 3 nitrogen and oxygen atoms in total. The minimum absolute atomic E-state index is 0.0648. The van der Waals surface area contributed by atoms with E-state index in [0.29, 0.717) is 6.61 Å². The third kappa shape index (κ3) is 3.61. The fourth-order valence-electron chi connectivity index (χ4n) is 2.15. The van der Waals surface area contributed by atoms with Gasteiger partial charge in [0.1, 0.15) is 12.4 Å². The average Bonchev–Trinajstić information content (AvgIpc) is 2.82. The third-order valence-electron chi connectivity index (χ3n) is 3.05. The van der Waals surface area contributed by atoms with Crippen LogP contribution in [0.15, 0.2) is 18.2 Å². The van der Waals surface area contributed by atoms with Crippen LogP contribution in [0.3, 0.4) is 0 Å². The molecule has 4 heteroatoms. The van der Waals surface area contributed by atoms with Crippen LogP contribution in [0.2, 0.25) is 5.02 Å². The Morgan fingerprint density at radius 1 is 1.56 bits per heavy atom. The van der Waals surface area contributed by atoms with Gasteiger partial charge in [-0.2, -0.15) is 0 Å². The summed E-state index contributed by atoms with van der Waals surface area (Å²) in [6.45, 7) is 3.40. The highest BCUT2D eigenvalue weighted by molar-refractivity contribution is 6.31. The van der Waals surface area contributed by atoms with Crippen molar-refractivity contribution in [1.29, 1.82) is 0 Å². The van der Waals surface area contributed by atoms with E-state index >= 15 is 0 Å². The molecule has 1 aromatic carbocycles. The Morgan fingerprint density at radius 2 is 2.39 bits per heavy atom. The Hall–Kier alpha value is -0.770. The molecule has 2 unspecified atom stereocenters. The highest BCUT2D eigenvalue weighted by Gasteiger charge is 2.17. The van der Waals surface area contributed by atoms with E-state index in [4.69, 9.17) is 26.8 Å². The van der Waals surface area contributed by atoms with Gasteiger partial charge in [0, 0.05) is 23.2 Å². The molecule has 1 aliphatic rings. The zero-order valence-electron chi connectivity index (χ0n) is 10.7. The van der Waals surface area contributed by atoms with Crippen molar-refractivity contribution in [2.45, 2.75) is 38.3 Å². The number of ether oxygens (including phenoxy) is 2. The fraction of sp³-hybridized carbons (Fsp3) is 0.571. The maximum atomic E-state index is 6.20. The van der Waals surface area contributed by atoms with Gasteiger partial charge in [-0.15, -0.1) is 0 Å². The Balaban J connectivity index is 2.03. The molecule has 0 bridgehead atoms. The predicted molar refractivity (Wildman–Crippen MR) is 73.3 cm³/mol. The molecule has 0 amide bonds. The van der Waals surface area contributed by atoms with Gasteiger partial charge in [-0.1, -0.05) is 17.7 Å². The summed E-state index contributed by atoms with van der Waals surface area (Å²) in [5.74, 6) is 0.829. The molecule has 2 N–H and O–H groups in total. The van der Waals surface area contributed by atoms with Gasteiger partial charge < -0.3 is 15.2 Å². The highest BCUT2D eigenvalue weighted by atomic mass is 35.5. The number of hydrogen-bond donors (Lipinski definition) is 1. The minimum Gasteiger partial charge on any atom is -0.491 e. The lowest BCUT2D eigenvalue weighted by Gasteiger charge is -2.16. The average molecular weight is 270 g/mol. The van der Waals surface area contributed by atoms with Crippen molar-refractivity contribution in [3.63, 3.8) is 0 Å². The van der Waals surface area contributed by atoms with E-state index in [1.807, 2.05) is 25.1 Å². The summed E-state index contributed by atoms with van der Waals surface area (Å²) < 4.78 is 11.4. The fourth-order valence-corrected chi connectivity index (χ4v) is 2.40. The maximum absolute atomic E-state index is 6.20. The summed E-state index contributed by atoms with van der Waals surface area (Å²) in [6.07, 6.45) is 3.13. The van der Waals surface area contributed by atoms with Gasteiger partial charge in [-0.25, -0.2) is 0 Å². The van der Waals surface area contributed by atoms with Crippen LogP contribution in [-0.4, -0.2) is 25.4 Å². The normalized spacial score (nSPS) is 20.9. The zero-order chi connectivity index (χ0) is 13.0. The lowest BCUT2D eigenvalue weighted by molar-refractivity contribution is 0.0676. The summed E-state index contributed by atoms with van der Waals surface area (Å²) in [4.78, 5) is 0. The van der Waals surface area contributed by atoms with Crippen LogP contribution in [0.4, 0.5) is 0 Å². The second kappa shape index (κ2) is 6.41. The Morgan fingerprint density at radius 3 is 3.06 bits per heavy atom. The van der Waals surface area contributed by atoms with E-state index in [9.17, 15) is 0 Å². The van der Waals surface area contributed by atoms with Gasteiger partial charge >= 0.3 is 0 Å². The zero-order valence-corrected chi connectivity index (χ0v) is 11.5. The molecule has 1 aromatic rings. The van der Waals surface area contributed by atoms with Crippen molar-refractivity contribution in [1.82, 2.24) is 0 Å². The molecular weight excluding hydrogens is 250 g/mol. The first-order valence-electron chi connectivity index (χ1n) is 6.44. The first kappa shape index (κ1) is 13.7. The first-order valence-corrected chi connectivity index (χ1v) is 6.82. The maximum Gasteiger partial charge on any atom is 0.124 e. The van der Waals surface area contributed by atoms with Gasteiger partial charge in [-0.05, 0) is 38.3 Å². The first-order chi connectivity index (χ1) is 8.66. The van der Waals surface area contributed by atoms with E-state index < -0.39 is 0 Å². The number of hydrogen-bond acceptors (Lipinski definition) is 3. The molecule has 1 saturated heterocycles. The number of halogens is 1. The van der Waals surface area contributed by atoms with Crippen LogP contribution in [0.1, 0.15) is 25.3 Å². The van der Waals surface area contributed by atoms with E-state index in [0.717, 1.165) is 42.2 Å². The molecule has 0 spiro atoms. The molecule has 2 rings (SSSR count). The Kier molecular flexibility index (Phi) is 4.87. The van der Waals surface area contributed by atoms with Gasteiger partial charge in [0.25, 0.3) is 0 Å².